The van der Waals surface area contributed by atoms with Crippen molar-refractivity contribution in [3.8, 4) is 0 Å². The van der Waals surface area contributed by atoms with E-state index in [0.29, 0.717) is 21.4 Å². The van der Waals surface area contributed by atoms with Crippen molar-refractivity contribution in [3.05, 3.63) is 58.1 Å². The Balaban J connectivity index is 2.39. The predicted octanol–water partition coefficient (Wildman–Crippen LogP) is 4.49. The molecule has 1 atom stereocenters. The fourth-order valence-electron chi connectivity index (χ4n) is 2.56. The molecule has 1 N–H and O–H groups in total. The van der Waals surface area contributed by atoms with E-state index in [1.165, 1.54) is 6.07 Å². The first-order valence-corrected chi connectivity index (χ1v) is 10.6. The van der Waals surface area contributed by atoms with Crippen molar-refractivity contribution in [1.82, 2.24) is 0 Å². The second kappa shape index (κ2) is 8.29. The average Bonchev–Trinajstić information content (AvgIpc) is 2.56. The van der Waals surface area contributed by atoms with E-state index in [0.717, 1.165) is 16.1 Å². The lowest BCUT2D eigenvalue weighted by molar-refractivity contribution is -0.117. The van der Waals surface area contributed by atoms with Crippen LogP contribution in [0.15, 0.2) is 42.5 Å². The van der Waals surface area contributed by atoms with Gasteiger partial charge >= 0.3 is 0 Å². The summed E-state index contributed by atoms with van der Waals surface area (Å²) in [5.74, 6) is -0.484. The van der Waals surface area contributed by atoms with E-state index in [-0.39, 0.29) is 6.42 Å². The van der Waals surface area contributed by atoms with Crippen LogP contribution in [0.5, 0.6) is 0 Å². The lowest BCUT2D eigenvalue weighted by Crippen LogP contribution is -2.47. The fraction of sp³-hybridized carbons (Fsp3) is 0.278. The largest absolute Gasteiger partial charge is 0.323 e. The third kappa shape index (κ3) is 4.90. The van der Waals surface area contributed by atoms with Crippen molar-refractivity contribution < 1.29 is 13.2 Å². The first-order chi connectivity index (χ1) is 12.1. The van der Waals surface area contributed by atoms with E-state index in [9.17, 15) is 13.2 Å². The molecule has 0 bridgehead atoms. The van der Waals surface area contributed by atoms with E-state index in [1.54, 1.807) is 43.3 Å². The molecule has 2 aromatic carbocycles. The summed E-state index contributed by atoms with van der Waals surface area (Å²) in [4.78, 5) is 12.8. The van der Waals surface area contributed by atoms with Gasteiger partial charge in [-0.25, -0.2) is 8.42 Å². The molecule has 0 aliphatic heterocycles. The van der Waals surface area contributed by atoms with Crippen molar-refractivity contribution in [2.24, 2.45) is 0 Å². The van der Waals surface area contributed by atoms with Crippen molar-refractivity contribution in [2.45, 2.75) is 26.3 Å². The molecule has 140 valence electrons. The molecule has 0 spiro atoms. The zero-order chi connectivity index (χ0) is 19.5. The Morgan fingerprint density at radius 1 is 1.15 bits per heavy atom. The van der Waals surface area contributed by atoms with E-state index >= 15 is 0 Å². The molecule has 26 heavy (non-hydrogen) atoms. The van der Waals surface area contributed by atoms with Gasteiger partial charge in [0, 0.05) is 5.02 Å². The summed E-state index contributed by atoms with van der Waals surface area (Å²) in [5, 5.41) is 3.41. The summed E-state index contributed by atoms with van der Waals surface area (Å²) in [7, 11) is -3.68. The van der Waals surface area contributed by atoms with Crippen LogP contribution in [0.1, 0.15) is 18.9 Å². The molecule has 0 saturated heterocycles. The lowest BCUT2D eigenvalue weighted by atomic mass is 10.1. The number of carbonyl (C=O) groups excluding carboxylic acids is 1. The SMILES string of the molecule is CCC(C(=O)Nc1cc(Cl)ccc1Cl)N(c1ccc(C)cc1)S(C)(=O)=O. The normalized spacial score (nSPS) is 12.5. The molecular formula is C18H20Cl2N2O3S. The maximum absolute atomic E-state index is 12.8. The number of benzene rings is 2. The summed E-state index contributed by atoms with van der Waals surface area (Å²) in [6.07, 6.45) is 1.36. The lowest BCUT2D eigenvalue weighted by Gasteiger charge is -2.30. The average molecular weight is 415 g/mol. The van der Waals surface area contributed by atoms with Crippen LogP contribution in [-0.4, -0.2) is 26.6 Å². The Morgan fingerprint density at radius 2 is 1.77 bits per heavy atom. The van der Waals surface area contributed by atoms with E-state index in [2.05, 4.69) is 5.32 Å². The molecule has 1 unspecified atom stereocenters. The highest BCUT2D eigenvalue weighted by atomic mass is 35.5. The smallest absolute Gasteiger partial charge is 0.248 e. The standard InChI is InChI=1S/C18H20Cl2N2O3S/c1-4-17(18(23)21-16-11-13(19)7-10-15(16)20)22(26(3,24)25)14-8-5-12(2)6-9-14/h5-11,17H,4H2,1-3H3,(H,21,23). The molecule has 0 aliphatic rings. The minimum atomic E-state index is -3.68. The maximum Gasteiger partial charge on any atom is 0.248 e. The monoisotopic (exact) mass is 414 g/mol. The Kier molecular flexibility index (Phi) is 6.55. The first-order valence-electron chi connectivity index (χ1n) is 7.95. The number of carbonyl (C=O) groups is 1. The van der Waals surface area contributed by atoms with Gasteiger partial charge in [-0.15, -0.1) is 0 Å². The molecule has 0 fully saturated rings. The molecular weight excluding hydrogens is 395 g/mol. The summed E-state index contributed by atoms with van der Waals surface area (Å²) in [6, 6.07) is 10.7. The van der Waals surface area contributed by atoms with Gasteiger partial charge < -0.3 is 5.32 Å². The number of hydrogen-bond donors (Lipinski definition) is 1. The van der Waals surface area contributed by atoms with Crippen LogP contribution in [0.3, 0.4) is 0 Å². The van der Waals surface area contributed by atoms with Gasteiger partial charge in [-0.3, -0.25) is 9.10 Å². The van der Waals surface area contributed by atoms with Crippen molar-refractivity contribution in [3.63, 3.8) is 0 Å². The molecule has 0 radical (unpaired) electrons. The summed E-state index contributed by atoms with van der Waals surface area (Å²) >= 11 is 12.0. The number of sulfonamides is 1. The van der Waals surface area contributed by atoms with Gasteiger partial charge in [0.2, 0.25) is 15.9 Å². The minimum Gasteiger partial charge on any atom is -0.323 e. The van der Waals surface area contributed by atoms with Gasteiger partial charge in [0.15, 0.2) is 0 Å². The highest BCUT2D eigenvalue weighted by Crippen LogP contribution is 2.28. The third-order valence-corrected chi connectivity index (χ3v) is 5.55. The van der Waals surface area contributed by atoms with E-state index in [4.69, 9.17) is 23.2 Å². The van der Waals surface area contributed by atoms with Crippen molar-refractivity contribution in [2.75, 3.05) is 15.9 Å². The molecule has 0 aliphatic carbocycles. The fourth-order valence-corrected chi connectivity index (χ4v) is 4.11. The van der Waals surface area contributed by atoms with Crippen molar-refractivity contribution >= 4 is 50.5 Å². The topological polar surface area (TPSA) is 66.5 Å². The van der Waals surface area contributed by atoms with Crippen LogP contribution in [-0.2, 0) is 14.8 Å². The van der Waals surface area contributed by atoms with E-state index < -0.39 is 22.0 Å². The highest BCUT2D eigenvalue weighted by molar-refractivity contribution is 7.92. The number of nitrogens with zero attached hydrogens (tertiary/aromatic N) is 1. The number of anilines is 2. The molecule has 5 nitrogen and oxygen atoms in total. The van der Waals surface area contributed by atoms with Crippen LogP contribution < -0.4 is 9.62 Å². The van der Waals surface area contributed by atoms with Gasteiger partial charge in [0.25, 0.3) is 0 Å². The van der Waals surface area contributed by atoms with Gasteiger partial charge in [0.1, 0.15) is 6.04 Å². The molecule has 8 heteroatoms. The van der Waals surface area contributed by atoms with Gasteiger partial charge in [-0.05, 0) is 43.7 Å². The quantitative estimate of drug-likeness (QED) is 0.756. The molecule has 2 rings (SSSR count). The Bertz CT molecular complexity index is 899. The Hall–Kier alpha value is -1.76. The summed E-state index contributed by atoms with van der Waals surface area (Å²) in [5.41, 5.74) is 1.75. The number of amides is 1. The number of rotatable bonds is 6. The number of hydrogen-bond acceptors (Lipinski definition) is 3. The maximum atomic E-state index is 12.8. The number of halogens is 2. The van der Waals surface area contributed by atoms with Crippen LogP contribution >= 0.6 is 23.2 Å². The minimum absolute atomic E-state index is 0.283. The Morgan fingerprint density at radius 3 is 2.31 bits per heavy atom. The number of nitrogens with one attached hydrogen (secondary N) is 1. The zero-order valence-corrected chi connectivity index (χ0v) is 17.0. The molecule has 2 aromatic rings. The number of aryl methyl sites for hydroxylation is 1. The van der Waals surface area contributed by atoms with Crippen LogP contribution in [0.25, 0.3) is 0 Å². The Labute approximate surface area is 164 Å². The summed E-state index contributed by atoms with van der Waals surface area (Å²) < 4.78 is 25.9. The second-order valence-corrected chi connectivity index (χ2v) is 8.63. The van der Waals surface area contributed by atoms with Gasteiger partial charge in [-0.2, -0.15) is 0 Å². The first kappa shape index (κ1) is 20.6. The van der Waals surface area contributed by atoms with Crippen molar-refractivity contribution in [1.29, 1.82) is 0 Å². The van der Waals surface area contributed by atoms with E-state index in [1.807, 2.05) is 6.92 Å². The van der Waals surface area contributed by atoms with Crippen LogP contribution in [0.4, 0.5) is 11.4 Å². The molecule has 0 heterocycles. The van der Waals surface area contributed by atoms with Gasteiger partial charge in [0.05, 0.1) is 22.7 Å². The second-order valence-electron chi connectivity index (χ2n) is 5.93. The molecule has 0 aromatic heterocycles. The van der Waals surface area contributed by atoms with Crippen LogP contribution in [0, 0.1) is 6.92 Å². The highest BCUT2D eigenvalue weighted by Gasteiger charge is 2.31. The van der Waals surface area contributed by atoms with Gasteiger partial charge in [-0.1, -0.05) is 47.8 Å². The third-order valence-electron chi connectivity index (χ3n) is 3.80. The zero-order valence-electron chi connectivity index (χ0n) is 14.7. The van der Waals surface area contributed by atoms with Crippen LogP contribution in [0.2, 0.25) is 10.0 Å². The predicted molar refractivity (Wildman–Crippen MR) is 108 cm³/mol. The summed E-state index contributed by atoms with van der Waals surface area (Å²) in [6.45, 7) is 3.65. The molecule has 0 saturated carbocycles. The molecule has 1 amide bonds.